The zero-order valence-corrected chi connectivity index (χ0v) is 18.7. The van der Waals surface area contributed by atoms with Crippen LogP contribution in [0.25, 0.3) is 11.2 Å². The summed E-state index contributed by atoms with van der Waals surface area (Å²) in [6.45, 7) is 9.75. The second kappa shape index (κ2) is 8.43. The molecule has 4 heterocycles. The third-order valence-electron chi connectivity index (χ3n) is 5.57. The largest absolute Gasteiger partial charge is 0.382 e. The highest BCUT2D eigenvalue weighted by Crippen LogP contribution is 2.43. The summed E-state index contributed by atoms with van der Waals surface area (Å²) >= 11 is 1.66. The van der Waals surface area contributed by atoms with E-state index < -0.39 is 0 Å². The van der Waals surface area contributed by atoms with E-state index in [1.54, 1.807) is 11.8 Å². The summed E-state index contributed by atoms with van der Waals surface area (Å²) < 4.78 is 2.15. The molecule has 1 fully saturated rings. The van der Waals surface area contributed by atoms with Crippen LogP contribution < -0.4 is 16.0 Å². The third kappa shape index (κ3) is 3.97. The number of aromatic nitrogens is 4. The van der Waals surface area contributed by atoms with E-state index in [0.717, 1.165) is 54.8 Å². The summed E-state index contributed by atoms with van der Waals surface area (Å²) in [5.41, 5.74) is 10.9. The highest BCUT2D eigenvalue weighted by Gasteiger charge is 2.24. The van der Waals surface area contributed by atoms with E-state index in [2.05, 4.69) is 61.0 Å². The SMILES string of the molecule is CC(C)CNCCn1c(Sc2cc3c(cc2N2CCC2)N=NC3)nc2c(N)ncnc21. The van der Waals surface area contributed by atoms with Crippen molar-refractivity contribution >= 4 is 40.1 Å². The quantitative estimate of drug-likeness (QED) is 0.518. The van der Waals surface area contributed by atoms with Gasteiger partial charge in [-0.05, 0) is 42.8 Å². The Bertz CT molecular complexity index is 1130. The van der Waals surface area contributed by atoms with Crippen molar-refractivity contribution in [3.8, 4) is 0 Å². The number of anilines is 2. The Morgan fingerprint density at radius 3 is 2.87 bits per heavy atom. The van der Waals surface area contributed by atoms with Gasteiger partial charge in [0.25, 0.3) is 0 Å². The molecule has 0 aliphatic carbocycles. The fourth-order valence-electron chi connectivity index (χ4n) is 3.79. The fourth-order valence-corrected chi connectivity index (χ4v) is 4.90. The predicted octanol–water partition coefficient (Wildman–Crippen LogP) is 3.61. The first-order chi connectivity index (χ1) is 15.1. The van der Waals surface area contributed by atoms with Gasteiger partial charge in [0.2, 0.25) is 0 Å². The number of azo groups is 1. The highest BCUT2D eigenvalue weighted by molar-refractivity contribution is 7.99. The molecule has 0 amide bonds. The van der Waals surface area contributed by atoms with Crippen LogP contribution in [0, 0.1) is 5.92 Å². The van der Waals surface area contributed by atoms with E-state index in [1.165, 1.54) is 23.3 Å². The molecule has 0 radical (unpaired) electrons. The van der Waals surface area contributed by atoms with E-state index >= 15 is 0 Å². The van der Waals surface area contributed by atoms with Crippen molar-refractivity contribution in [1.82, 2.24) is 24.8 Å². The Labute approximate surface area is 185 Å². The fraction of sp³-hybridized carbons (Fsp3) is 0.476. The summed E-state index contributed by atoms with van der Waals surface area (Å²) in [6.07, 6.45) is 2.73. The zero-order valence-electron chi connectivity index (χ0n) is 17.9. The number of nitrogens with one attached hydrogen (secondary N) is 1. The molecule has 31 heavy (non-hydrogen) atoms. The molecular formula is C21H27N9S. The lowest BCUT2D eigenvalue weighted by molar-refractivity contribution is 0.516. The molecule has 1 saturated heterocycles. The molecular weight excluding hydrogens is 410 g/mol. The number of fused-ring (bicyclic) bond motifs is 2. The van der Waals surface area contributed by atoms with Gasteiger partial charge in [-0.3, -0.25) is 0 Å². The summed E-state index contributed by atoms with van der Waals surface area (Å²) in [5, 5.41) is 12.9. The summed E-state index contributed by atoms with van der Waals surface area (Å²) in [4.78, 5) is 17.0. The molecule has 3 N–H and O–H groups in total. The molecule has 162 valence electrons. The Balaban J connectivity index is 1.50. The number of nitrogen functional groups attached to an aromatic ring is 1. The van der Waals surface area contributed by atoms with Gasteiger partial charge < -0.3 is 20.5 Å². The minimum Gasteiger partial charge on any atom is -0.382 e. The number of nitrogens with zero attached hydrogens (tertiary/aromatic N) is 7. The minimum atomic E-state index is 0.412. The average Bonchev–Trinajstić information content (AvgIpc) is 3.29. The van der Waals surface area contributed by atoms with Gasteiger partial charge in [-0.25, -0.2) is 15.0 Å². The maximum absolute atomic E-state index is 6.12. The van der Waals surface area contributed by atoms with Crippen LogP contribution in [0.2, 0.25) is 0 Å². The van der Waals surface area contributed by atoms with E-state index in [9.17, 15) is 0 Å². The maximum atomic E-state index is 6.12. The van der Waals surface area contributed by atoms with E-state index in [4.69, 9.17) is 10.7 Å². The topological polar surface area (TPSA) is 110 Å². The van der Waals surface area contributed by atoms with Crippen LogP contribution in [-0.4, -0.2) is 45.7 Å². The lowest BCUT2D eigenvalue weighted by Crippen LogP contribution is -2.37. The Morgan fingerprint density at radius 2 is 2.10 bits per heavy atom. The van der Waals surface area contributed by atoms with Crippen molar-refractivity contribution < 1.29 is 0 Å². The Kier molecular flexibility index (Phi) is 5.49. The third-order valence-corrected chi connectivity index (χ3v) is 6.61. The van der Waals surface area contributed by atoms with Crippen LogP contribution >= 0.6 is 11.8 Å². The van der Waals surface area contributed by atoms with Crippen LogP contribution in [0.15, 0.2) is 38.7 Å². The van der Waals surface area contributed by atoms with Gasteiger partial charge >= 0.3 is 0 Å². The molecule has 9 nitrogen and oxygen atoms in total. The van der Waals surface area contributed by atoms with Gasteiger partial charge in [-0.1, -0.05) is 13.8 Å². The molecule has 1 aromatic carbocycles. The first kappa shape index (κ1) is 20.2. The normalized spacial score (nSPS) is 15.1. The number of nitrogens with two attached hydrogens (primary N) is 1. The zero-order chi connectivity index (χ0) is 21.4. The van der Waals surface area contributed by atoms with Crippen LogP contribution in [0.4, 0.5) is 17.2 Å². The molecule has 3 aromatic rings. The van der Waals surface area contributed by atoms with Gasteiger partial charge in [0.1, 0.15) is 6.33 Å². The lowest BCUT2D eigenvalue weighted by atomic mass is 10.1. The number of imidazole rings is 1. The van der Waals surface area contributed by atoms with Crippen molar-refractivity contribution in [3.05, 3.63) is 24.0 Å². The highest BCUT2D eigenvalue weighted by atomic mass is 32.2. The molecule has 10 heteroatoms. The number of benzene rings is 1. The van der Waals surface area contributed by atoms with Gasteiger partial charge in [-0.15, -0.1) is 0 Å². The Morgan fingerprint density at radius 1 is 1.23 bits per heavy atom. The molecule has 2 aliphatic heterocycles. The second-order valence-corrected chi connectivity index (χ2v) is 9.38. The monoisotopic (exact) mass is 437 g/mol. The van der Waals surface area contributed by atoms with Crippen LogP contribution in [0.1, 0.15) is 25.8 Å². The molecule has 2 aromatic heterocycles. The number of hydrogen-bond donors (Lipinski definition) is 2. The minimum absolute atomic E-state index is 0.412. The summed E-state index contributed by atoms with van der Waals surface area (Å²) in [6, 6.07) is 4.38. The smallest absolute Gasteiger partial charge is 0.175 e. The molecule has 0 spiro atoms. The molecule has 2 aliphatic rings. The number of hydrogen-bond acceptors (Lipinski definition) is 9. The van der Waals surface area contributed by atoms with Gasteiger partial charge in [-0.2, -0.15) is 10.2 Å². The predicted molar refractivity (Wildman–Crippen MR) is 123 cm³/mol. The standard InChI is InChI=1S/C21H27N9S/c1-13(2)10-23-4-7-30-20-18(19(22)24-12-25-20)27-21(30)31-17-8-14-11-26-28-15(14)9-16(17)29-5-3-6-29/h8-9,12-13,23H,3-7,10-11H2,1-2H3,(H2,22,24,25). The molecule has 0 unspecified atom stereocenters. The van der Waals surface area contributed by atoms with Crippen molar-refractivity contribution in [1.29, 1.82) is 0 Å². The van der Waals surface area contributed by atoms with Crippen LogP contribution in [0.5, 0.6) is 0 Å². The molecule has 5 rings (SSSR count). The molecule has 0 saturated carbocycles. The van der Waals surface area contributed by atoms with Crippen molar-refractivity contribution in [3.63, 3.8) is 0 Å². The molecule has 0 bridgehead atoms. The second-order valence-electron chi connectivity index (χ2n) is 8.37. The van der Waals surface area contributed by atoms with Gasteiger partial charge in [0.15, 0.2) is 22.1 Å². The molecule has 0 atom stereocenters. The van der Waals surface area contributed by atoms with Crippen molar-refractivity contribution in [2.24, 2.45) is 16.1 Å². The van der Waals surface area contributed by atoms with Gasteiger partial charge in [0.05, 0.1) is 17.9 Å². The van der Waals surface area contributed by atoms with Gasteiger partial charge in [0, 0.05) is 36.6 Å². The maximum Gasteiger partial charge on any atom is 0.175 e. The summed E-state index contributed by atoms with van der Waals surface area (Å²) in [7, 11) is 0. The van der Waals surface area contributed by atoms with Crippen molar-refractivity contribution in [2.45, 2.75) is 43.4 Å². The summed E-state index contributed by atoms with van der Waals surface area (Å²) in [5.74, 6) is 1.02. The first-order valence-electron chi connectivity index (χ1n) is 10.7. The van der Waals surface area contributed by atoms with Crippen LogP contribution in [-0.2, 0) is 13.1 Å². The van der Waals surface area contributed by atoms with Crippen molar-refractivity contribution in [2.75, 3.05) is 36.8 Å². The van der Waals surface area contributed by atoms with Crippen LogP contribution in [0.3, 0.4) is 0 Å². The van der Waals surface area contributed by atoms with E-state index in [0.29, 0.717) is 23.8 Å². The number of rotatable bonds is 8. The van der Waals surface area contributed by atoms with E-state index in [1.807, 2.05) is 0 Å². The average molecular weight is 438 g/mol. The lowest BCUT2D eigenvalue weighted by Gasteiger charge is -2.34. The van der Waals surface area contributed by atoms with E-state index in [-0.39, 0.29) is 0 Å². The first-order valence-corrected chi connectivity index (χ1v) is 11.6. The Hall–Kier alpha value is -2.72.